The molecule has 6 rings (SSSR count). The summed E-state index contributed by atoms with van der Waals surface area (Å²) < 4.78 is 3.75. The summed E-state index contributed by atoms with van der Waals surface area (Å²) >= 11 is 0. The monoisotopic (exact) mass is 465 g/mol. The number of benzene rings is 2. The molecule has 0 atom stereocenters. The summed E-state index contributed by atoms with van der Waals surface area (Å²) in [5.74, 6) is 0.551. The Labute approximate surface area is 200 Å². The number of rotatable bonds is 4. The quantitative estimate of drug-likeness (QED) is 0.418. The molecule has 5 aromatic rings. The van der Waals surface area contributed by atoms with E-state index in [9.17, 15) is 9.59 Å². The average molecular weight is 466 g/mol. The zero-order valence-corrected chi connectivity index (χ0v) is 18.9. The van der Waals surface area contributed by atoms with Crippen LogP contribution in [0.2, 0.25) is 0 Å². The second-order valence-corrected chi connectivity index (χ2v) is 8.56. The highest BCUT2D eigenvalue weighted by molar-refractivity contribution is 6.05. The summed E-state index contributed by atoms with van der Waals surface area (Å²) in [5, 5.41) is 7.77. The Balaban J connectivity index is 1.41. The molecule has 0 unspecified atom stereocenters. The van der Waals surface area contributed by atoms with Crippen LogP contribution >= 0.6 is 0 Å². The van der Waals surface area contributed by atoms with Gasteiger partial charge in [0.05, 0.1) is 29.6 Å². The number of aromatic nitrogens is 6. The molecule has 9 nitrogen and oxygen atoms in total. The molecule has 35 heavy (non-hydrogen) atoms. The standard InChI is InChI=1S/C26H23N7O2/c34-25-18-15-29-33(24(18)27-16-28-25)20-12-7-6-11-19(20)30-26(35)22-21-13-5-2-8-14-32(21)23(31-22)17-9-3-1-4-10-17/h1,3-4,6-7,9-12,15-16H,2,5,8,13-14H2,(H,30,35)(H,27,28,34). The number of aromatic amines is 1. The summed E-state index contributed by atoms with van der Waals surface area (Å²) in [5.41, 5.74) is 3.72. The molecule has 3 aromatic heterocycles. The van der Waals surface area contributed by atoms with Crippen molar-refractivity contribution in [3.05, 3.63) is 88.9 Å². The highest BCUT2D eigenvalue weighted by Crippen LogP contribution is 2.29. The highest BCUT2D eigenvalue weighted by Gasteiger charge is 2.25. The summed E-state index contributed by atoms with van der Waals surface area (Å²) in [7, 11) is 0. The molecular formula is C26H23N7O2. The van der Waals surface area contributed by atoms with E-state index >= 15 is 0 Å². The predicted octanol–water partition coefficient (Wildman–Crippen LogP) is 3.95. The Morgan fingerprint density at radius 3 is 2.71 bits per heavy atom. The zero-order chi connectivity index (χ0) is 23.8. The maximum Gasteiger partial charge on any atom is 0.276 e. The molecule has 0 saturated heterocycles. The van der Waals surface area contributed by atoms with Gasteiger partial charge in [-0.1, -0.05) is 48.9 Å². The van der Waals surface area contributed by atoms with E-state index < -0.39 is 0 Å². The van der Waals surface area contributed by atoms with Crippen LogP contribution in [0.25, 0.3) is 28.1 Å². The van der Waals surface area contributed by atoms with E-state index in [1.807, 2.05) is 48.5 Å². The summed E-state index contributed by atoms with van der Waals surface area (Å²) in [6.45, 7) is 0.843. The van der Waals surface area contributed by atoms with E-state index in [1.54, 1.807) is 10.7 Å². The first-order valence-corrected chi connectivity index (χ1v) is 11.7. The zero-order valence-electron chi connectivity index (χ0n) is 18.9. The number of nitrogens with one attached hydrogen (secondary N) is 2. The predicted molar refractivity (Wildman–Crippen MR) is 133 cm³/mol. The largest absolute Gasteiger partial charge is 0.327 e. The average Bonchev–Trinajstić information content (AvgIpc) is 3.40. The lowest BCUT2D eigenvalue weighted by molar-refractivity contribution is 0.102. The molecule has 2 aromatic carbocycles. The number of para-hydroxylation sites is 2. The van der Waals surface area contributed by atoms with Crippen LogP contribution in [0.1, 0.15) is 35.4 Å². The van der Waals surface area contributed by atoms with E-state index in [0.29, 0.717) is 28.1 Å². The number of imidazole rings is 1. The number of carbonyl (C=O) groups excluding carboxylic acids is 1. The fraction of sp³-hybridized carbons (Fsp3) is 0.192. The van der Waals surface area contributed by atoms with Gasteiger partial charge in [0, 0.05) is 12.1 Å². The number of amides is 1. The molecule has 1 amide bonds. The fourth-order valence-electron chi connectivity index (χ4n) is 4.69. The van der Waals surface area contributed by atoms with Gasteiger partial charge in [0.15, 0.2) is 5.65 Å². The van der Waals surface area contributed by atoms with Gasteiger partial charge in [0.2, 0.25) is 0 Å². The lowest BCUT2D eigenvalue weighted by atomic mass is 10.1. The van der Waals surface area contributed by atoms with Crippen molar-refractivity contribution < 1.29 is 4.79 Å². The summed E-state index contributed by atoms with van der Waals surface area (Å²) in [6.07, 6.45) is 6.83. The first-order valence-electron chi connectivity index (χ1n) is 11.7. The van der Waals surface area contributed by atoms with Crippen molar-refractivity contribution in [2.75, 3.05) is 5.32 Å². The number of anilines is 1. The molecule has 0 bridgehead atoms. The summed E-state index contributed by atoms with van der Waals surface area (Å²) in [4.78, 5) is 37.4. The number of hydrogen-bond acceptors (Lipinski definition) is 5. The van der Waals surface area contributed by atoms with Crippen molar-refractivity contribution in [2.45, 2.75) is 32.2 Å². The van der Waals surface area contributed by atoms with Crippen molar-refractivity contribution in [3.63, 3.8) is 0 Å². The van der Waals surface area contributed by atoms with Crippen molar-refractivity contribution in [1.29, 1.82) is 0 Å². The molecule has 0 fully saturated rings. The number of nitrogens with zero attached hydrogens (tertiary/aromatic N) is 5. The van der Waals surface area contributed by atoms with Crippen LogP contribution < -0.4 is 10.9 Å². The second kappa shape index (κ2) is 8.68. The third kappa shape index (κ3) is 3.71. The Hall–Kier alpha value is -4.53. The second-order valence-electron chi connectivity index (χ2n) is 8.56. The number of H-pyrrole nitrogens is 1. The van der Waals surface area contributed by atoms with Crippen LogP contribution in [0, 0.1) is 0 Å². The van der Waals surface area contributed by atoms with Gasteiger partial charge in [-0.05, 0) is 31.4 Å². The molecule has 0 spiro atoms. The van der Waals surface area contributed by atoms with Gasteiger partial charge in [-0.3, -0.25) is 9.59 Å². The number of hydrogen-bond donors (Lipinski definition) is 2. The minimum Gasteiger partial charge on any atom is -0.327 e. The molecule has 0 radical (unpaired) electrons. The Bertz CT molecular complexity index is 1600. The van der Waals surface area contributed by atoms with Gasteiger partial charge in [0.1, 0.15) is 16.9 Å². The van der Waals surface area contributed by atoms with Gasteiger partial charge in [-0.25, -0.2) is 14.6 Å². The van der Waals surface area contributed by atoms with Crippen LogP contribution in [0.4, 0.5) is 5.69 Å². The smallest absolute Gasteiger partial charge is 0.276 e. The van der Waals surface area contributed by atoms with Crippen molar-refractivity contribution in [1.82, 2.24) is 29.3 Å². The van der Waals surface area contributed by atoms with Crippen molar-refractivity contribution >= 4 is 22.6 Å². The molecule has 174 valence electrons. The van der Waals surface area contributed by atoms with E-state index in [-0.39, 0.29) is 11.5 Å². The van der Waals surface area contributed by atoms with Gasteiger partial charge in [-0.2, -0.15) is 5.10 Å². The molecular weight excluding hydrogens is 442 g/mol. The van der Waals surface area contributed by atoms with Gasteiger partial charge in [-0.15, -0.1) is 0 Å². The molecule has 1 aliphatic rings. The summed E-state index contributed by atoms with van der Waals surface area (Å²) in [6, 6.07) is 17.3. The van der Waals surface area contributed by atoms with Gasteiger partial charge < -0.3 is 14.9 Å². The van der Waals surface area contributed by atoms with E-state index in [0.717, 1.165) is 49.3 Å². The Morgan fingerprint density at radius 1 is 1.00 bits per heavy atom. The molecule has 9 heteroatoms. The SMILES string of the molecule is O=C(Nc1ccccc1-n1ncc2c(=O)[nH]cnc21)c1nc(-c2ccccc2)n2c1CCCCC2. The minimum atomic E-state index is -0.271. The lowest BCUT2D eigenvalue weighted by Gasteiger charge is -2.12. The van der Waals surface area contributed by atoms with Crippen LogP contribution in [-0.4, -0.2) is 35.2 Å². The Morgan fingerprint density at radius 2 is 1.83 bits per heavy atom. The third-order valence-corrected chi connectivity index (χ3v) is 6.37. The molecule has 2 N–H and O–H groups in total. The molecule has 4 heterocycles. The maximum atomic E-state index is 13.6. The van der Waals surface area contributed by atoms with E-state index in [1.165, 1.54) is 12.5 Å². The molecule has 1 aliphatic heterocycles. The third-order valence-electron chi connectivity index (χ3n) is 6.37. The van der Waals surface area contributed by atoms with Crippen molar-refractivity contribution in [3.8, 4) is 17.1 Å². The number of carbonyl (C=O) groups is 1. The van der Waals surface area contributed by atoms with Gasteiger partial charge >= 0.3 is 0 Å². The Kier molecular flexibility index (Phi) is 5.21. The minimum absolute atomic E-state index is 0.267. The van der Waals surface area contributed by atoms with Crippen LogP contribution in [0.3, 0.4) is 0 Å². The normalized spacial score (nSPS) is 13.4. The van der Waals surface area contributed by atoms with E-state index in [4.69, 9.17) is 4.98 Å². The van der Waals surface area contributed by atoms with Crippen LogP contribution in [-0.2, 0) is 13.0 Å². The first-order chi connectivity index (χ1) is 17.2. The maximum absolute atomic E-state index is 13.6. The fourth-order valence-corrected chi connectivity index (χ4v) is 4.69. The van der Waals surface area contributed by atoms with E-state index in [2.05, 4.69) is 25.0 Å². The number of fused-ring (bicyclic) bond motifs is 2. The van der Waals surface area contributed by atoms with Crippen LogP contribution in [0.15, 0.2) is 71.9 Å². The van der Waals surface area contributed by atoms with Crippen molar-refractivity contribution in [2.24, 2.45) is 0 Å². The molecule has 0 aliphatic carbocycles. The van der Waals surface area contributed by atoms with Crippen LogP contribution in [0.5, 0.6) is 0 Å². The van der Waals surface area contributed by atoms with Gasteiger partial charge in [0.25, 0.3) is 11.5 Å². The highest BCUT2D eigenvalue weighted by atomic mass is 16.2. The topological polar surface area (TPSA) is 110 Å². The molecule has 0 saturated carbocycles. The lowest BCUT2D eigenvalue weighted by Crippen LogP contribution is -2.17. The first kappa shape index (κ1) is 21.0.